The number of amides is 1. The van der Waals surface area contributed by atoms with Gasteiger partial charge in [-0.3, -0.25) is 4.79 Å². The molecule has 4 heteroatoms. The van der Waals surface area contributed by atoms with Crippen LogP contribution in [0.15, 0.2) is 77.9 Å². The summed E-state index contributed by atoms with van der Waals surface area (Å²) in [6.07, 6.45) is 10.4. The Labute approximate surface area is 224 Å². The number of fused-ring (bicyclic) bond motifs is 1. The molecule has 3 aromatic carbocycles. The molecule has 1 aromatic heterocycles. The van der Waals surface area contributed by atoms with E-state index in [1.54, 1.807) is 11.8 Å². The Hall–Kier alpha value is -3.66. The summed E-state index contributed by atoms with van der Waals surface area (Å²) >= 11 is 0. The number of hydrogen-bond acceptors (Lipinski definition) is 2. The van der Waals surface area contributed by atoms with Gasteiger partial charge in [-0.15, -0.1) is 0 Å². The van der Waals surface area contributed by atoms with Crippen LogP contribution in [0, 0.1) is 31.6 Å². The maximum atomic E-state index is 12.7. The second-order valence-corrected chi connectivity index (χ2v) is 12.2. The van der Waals surface area contributed by atoms with Gasteiger partial charge in [-0.2, -0.15) is 5.10 Å². The first-order chi connectivity index (χ1) is 18.5. The number of carbonyl (C=O) groups is 1. The largest absolute Gasteiger partial charge is 0.318 e. The molecule has 0 spiro atoms. The van der Waals surface area contributed by atoms with E-state index in [9.17, 15) is 4.79 Å². The van der Waals surface area contributed by atoms with Gasteiger partial charge in [0.25, 0.3) is 5.91 Å². The van der Waals surface area contributed by atoms with Crippen molar-refractivity contribution in [3.63, 3.8) is 0 Å². The zero-order chi connectivity index (χ0) is 25.9. The van der Waals surface area contributed by atoms with Crippen LogP contribution in [0.3, 0.4) is 0 Å². The predicted molar refractivity (Wildman–Crippen MR) is 154 cm³/mol. The number of hydrazone groups is 1. The molecule has 192 valence electrons. The summed E-state index contributed by atoms with van der Waals surface area (Å²) in [6, 6.07) is 25.3. The van der Waals surface area contributed by atoms with Crippen molar-refractivity contribution in [2.75, 3.05) is 0 Å². The number of rotatable bonds is 5. The third-order valence-corrected chi connectivity index (χ3v) is 9.63. The quantitative estimate of drug-likeness (QED) is 0.224. The summed E-state index contributed by atoms with van der Waals surface area (Å²) in [7, 11) is 0. The average molecular weight is 502 g/mol. The highest BCUT2D eigenvalue weighted by Gasteiger charge is 2.51. The summed E-state index contributed by atoms with van der Waals surface area (Å²) in [4.78, 5) is 12.7. The Morgan fingerprint density at radius 1 is 0.868 bits per heavy atom. The molecule has 4 aliphatic carbocycles. The van der Waals surface area contributed by atoms with E-state index in [0.717, 1.165) is 45.5 Å². The molecule has 0 atom stereocenters. The van der Waals surface area contributed by atoms with Crippen molar-refractivity contribution in [2.45, 2.75) is 57.8 Å². The van der Waals surface area contributed by atoms with E-state index in [-0.39, 0.29) is 5.91 Å². The van der Waals surface area contributed by atoms with Crippen LogP contribution in [0.1, 0.15) is 71.4 Å². The molecule has 4 aliphatic rings. The van der Waals surface area contributed by atoms with E-state index in [2.05, 4.69) is 59.3 Å². The standard InChI is InChI=1S/C34H35N3O/c1-22-13-30(21-35-36-33(38)29-8-7-27-5-3-4-6-28(27)17-29)23(2)37(22)32-11-9-31(10-12-32)34-18-24-14-25(19-34)16-26(15-24)20-34/h3-13,17,21,24-26H,14-16,18-20H2,1-2H3,(H,36,38)/b35-21+. The van der Waals surface area contributed by atoms with Gasteiger partial charge in [0.2, 0.25) is 0 Å². The van der Waals surface area contributed by atoms with Gasteiger partial charge in [0.15, 0.2) is 0 Å². The van der Waals surface area contributed by atoms with Crippen LogP contribution in [-0.2, 0) is 5.41 Å². The molecule has 1 N–H and O–H groups in total. The van der Waals surface area contributed by atoms with E-state index in [1.807, 2.05) is 42.5 Å². The van der Waals surface area contributed by atoms with Crippen LogP contribution in [-0.4, -0.2) is 16.7 Å². The average Bonchev–Trinajstić information content (AvgIpc) is 3.20. The number of aryl methyl sites for hydroxylation is 1. The van der Waals surface area contributed by atoms with Gasteiger partial charge in [-0.1, -0.05) is 42.5 Å². The van der Waals surface area contributed by atoms with Crippen LogP contribution in [0.4, 0.5) is 0 Å². The molecule has 4 nitrogen and oxygen atoms in total. The summed E-state index contributed by atoms with van der Waals surface area (Å²) < 4.78 is 2.29. The fraction of sp³-hybridized carbons (Fsp3) is 0.353. The lowest BCUT2D eigenvalue weighted by molar-refractivity contribution is -0.00518. The van der Waals surface area contributed by atoms with Gasteiger partial charge in [-0.25, -0.2) is 5.43 Å². The molecular weight excluding hydrogens is 466 g/mol. The van der Waals surface area contributed by atoms with Crippen LogP contribution in [0.25, 0.3) is 16.5 Å². The van der Waals surface area contributed by atoms with Crippen LogP contribution < -0.4 is 5.43 Å². The highest BCUT2D eigenvalue weighted by Crippen LogP contribution is 2.60. The van der Waals surface area contributed by atoms with Gasteiger partial charge in [0.05, 0.1) is 6.21 Å². The maximum Gasteiger partial charge on any atom is 0.271 e. The molecule has 0 radical (unpaired) electrons. The van der Waals surface area contributed by atoms with E-state index < -0.39 is 0 Å². The van der Waals surface area contributed by atoms with E-state index in [4.69, 9.17) is 0 Å². The molecular formula is C34H35N3O. The third kappa shape index (κ3) is 3.98. The molecule has 0 saturated heterocycles. The predicted octanol–water partition coefficient (Wildman–Crippen LogP) is 7.48. The molecule has 1 heterocycles. The van der Waals surface area contributed by atoms with Crippen LogP contribution >= 0.6 is 0 Å². The Kier molecular flexibility index (Phi) is 5.54. The van der Waals surface area contributed by atoms with Gasteiger partial charge < -0.3 is 4.57 Å². The first kappa shape index (κ1) is 23.5. The van der Waals surface area contributed by atoms with Crippen molar-refractivity contribution in [2.24, 2.45) is 22.9 Å². The molecule has 0 unspecified atom stereocenters. The Morgan fingerprint density at radius 3 is 2.21 bits per heavy atom. The Morgan fingerprint density at radius 2 is 1.53 bits per heavy atom. The lowest BCUT2D eigenvalue weighted by Crippen LogP contribution is -2.48. The topological polar surface area (TPSA) is 46.4 Å². The normalized spacial score (nSPS) is 25.9. The number of nitrogens with zero attached hydrogens (tertiary/aromatic N) is 2. The maximum absolute atomic E-state index is 12.7. The molecule has 4 fully saturated rings. The summed E-state index contributed by atoms with van der Waals surface area (Å²) in [5, 5.41) is 6.45. The highest BCUT2D eigenvalue weighted by atomic mass is 16.2. The molecule has 38 heavy (non-hydrogen) atoms. The van der Waals surface area contributed by atoms with Gasteiger partial charge in [0, 0.05) is 28.2 Å². The minimum atomic E-state index is -0.207. The second kappa shape index (κ2) is 8.97. The number of hydrogen-bond donors (Lipinski definition) is 1. The van der Waals surface area contributed by atoms with Crippen molar-refractivity contribution in [1.82, 2.24) is 9.99 Å². The Bertz CT molecular complexity index is 1520. The number of carbonyl (C=O) groups excluding carboxylic acids is 1. The fourth-order valence-electron chi connectivity index (χ4n) is 8.30. The van der Waals surface area contributed by atoms with Gasteiger partial charge in [-0.05, 0) is 122 Å². The third-order valence-electron chi connectivity index (χ3n) is 9.63. The van der Waals surface area contributed by atoms with E-state index in [1.165, 1.54) is 44.2 Å². The van der Waals surface area contributed by atoms with Crippen molar-refractivity contribution in [3.05, 3.63) is 101 Å². The zero-order valence-electron chi connectivity index (χ0n) is 22.3. The second-order valence-electron chi connectivity index (χ2n) is 12.2. The van der Waals surface area contributed by atoms with Gasteiger partial charge in [0.1, 0.15) is 0 Å². The summed E-state index contributed by atoms with van der Waals surface area (Å²) in [5.41, 5.74) is 9.76. The van der Waals surface area contributed by atoms with E-state index in [0.29, 0.717) is 11.0 Å². The molecule has 8 rings (SSSR count). The number of nitrogens with one attached hydrogen (secondary N) is 1. The minimum Gasteiger partial charge on any atom is -0.318 e. The smallest absolute Gasteiger partial charge is 0.271 e. The van der Waals surface area contributed by atoms with Crippen LogP contribution in [0.5, 0.6) is 0 Å². The number of aromatic nitrogens is 1. The first-order valence-corrected chi connectivity index (χ1v) is 14.1. The van der Waals surface area contributed by atoms with E-state index >= 15 is 0 Å². The van der Waals surface area contributed by atoms with Gasteiger partial charge >= 0.3 is 0 Å². The van der Waals surface area contributed by atoms with Crippen molar-refractivity contribution in [1.29, 1.82) is 0 Å². The molecule has 0 aliphatic heterocycles. The monoisotopic (exact) mass is 501 g/mol. The summed E-state index contributed by atoms with van der Waals surface area (Å²) in [6.45, 7) is 4.25. The SMILES string of the molecule is Cc1cc(/C=N/NC(=O)c2ccc3ccccc3c2)c(C)n1-c1ccc(C23CC4CC(CC(C4)C2)C3)cc1. The Balaban J connectivity index is 1.08. The van der Waals surface area contributed by atoms with Crippen molar-refractivity contribution in [3.8, 4) is 5.69 Å². The molecule has 1 amide bonds. The summed E-state index contributed by atoms with van der Waals surface area (Å²) in [5.74, 6) is 2.66. The highest BCUT2D eigenvalue weighted by molar-refractivity contribution is 5.99. The number of benzene rings is 3. The molecule has 4 aromatic rings. The lowest BCUT2D eigenvalue weighted by atomic mass is 9.48. The lowest BCUT2D eigenvalue weighted by Gasteiger charge is -2.57. The minimum absolute atomic E-state index is 0.207. The first-order valence-electron chi connectivity index (χ1n) is 14.1. The zero-order valence-corrected chi connectivity index (χ0v) is 22.3. The van der Waals surface area contributed by atoms with Crippen molar-refractivity contribution >= 4 is 22.9 Å². The fourth-order valence-corrected chi connectivity index (χ4v) is 8.30. The molecule has 4 bridgehead atoms. The molecule has 4 saturated carbocycles. The van der Waals surface area contributed by atoms with Crippen molar-refractivity contribution < 1.29 is 4.79 Å². The van der Waals surface area contributed by atoms with Crippen LogP contribution in [0.2, 0.25) is 0 Å².